The number of hydrogen-bond donors (Lipinski definition) is 0. The van der Waals surface area contributed by atoms with Crippen LogP contribution in [0.3, 0.4) is 0 Å². The summed E-state index contributed by atoms with van der Waals surface area (Å²) in [6.07, 6.45) is 5.95. The van der Waals surface area contributed by atoms with Crippen LogP contribution in [-0.4, -0.2) is 3.21 Å². The smallest absolute Gasteiger partial charge is 1.00 e. The van der Waals surface area contributed by atoms with Gasteiger partial charge in [-0.3, -0.25) is 0 Å². The zero-order chi connectivity index (χ0) is 41.3. The summed E-state index contributed by atoms with van der Waals surface area (Å²) in [6, 6.07) is 32.4. The van der Waals surface area contributed by atoms with E-state index in [9.17, 15) is 0 Å². The van der Waals surface area contributed by atoms with Gasteiger partial charge in [0.1, 0.15) is 0 Å². The van der Waals surface area contributed by atoms with Gasteiger partial charge in [0.25, 0.3) is 0 Å². The van der Waals surface area contributed by atoms with Crippen molar-refractivity contribution in [2.75, 3.05) is 0 Å². The van der Waals surface area contributed by atoms with E-state index in [1.807, 2.05) is 3.28 Å². The van der Waals surface area contributed by atoms with Gasteiger partial charge in [0.2, 0.25) is 0 Å². The number of hydrogen-bond acceptors (Lipinski definition) is 0. The van der Waals surface area contributed by atoms with Crippen LogP contribution in [0.15, 0.2) is 99.4 Å². The van der Waals surface area contributed by atoms with Crippen LogP contribution in [0.4, 0.5) is 0 Å². The minimum atomic E-state index is -3.10. The van der Waals surface area contributed by atoms with Gasteiger partial charge < -0.3 is 24.8 Å². The summed E-state index contributed by atoms with van der Waals surface area (Å²) in [5, 5.41) is 0. The number of allylic oxidation sites excluding steroid dienone is 4. The molecule has 58 heavy (non-hydrogen) atoms. The molecule has 2 aliphatic rings. The molecule has 0 saturated carbocycles. The van der Waals surface area contributed by atoms with Gasteiger partial charge in [0.05, 0.1) is 0 Å². The normalized spacial score (nSPS) is 15.5. The molecule has 0 bridgehead atoms. The van der Waals surface area contributed by atoms with Gasteiger partial charge in [-0.25, -0.2) is 0 Å². The van der Waals surface area contributed by atoms with Crippen molar-refractivity contribution in [3.05, 3.63) is 144 Å². The third-order valence-corrected chi connectivity index (χ3v) is 20.7. The van der Waals surface area contributed by atoms with Crippen LogP contribution in [0.2, 0.25) is 0 Å². The SMILES string of the molecule is CCC1=[C]([Zr+2](=[C](c2ccc(C(C)(C)C)cc2)c2ccc(C(C)(C)C)cc2)[c]2cc(C(C)(C)C)cc3c2Cc2ccc(C(C)(C)C)cc2-3)C(CC)C=C1C(C)(C)C.[Cl-].[Cl-]. The van der Waals surface area contributed by atoms with Crippen molar-refractivity contribution in [1.29, 1.82) is 0 Å². The Balaban J connectivity index is 0.00000372. The Bertz CT molecular complexity index is 2160. The predicted octanol–water partition coefficient (Wildman–Crippen LogP) is 8.64. The van der Waals surface area contributed by atoms with E-state index in [0.29, 0.717) is 5.92 Å². The van der Waals surface area contributed by atoms with Crippen molar-refractivity contribution in [2.45, 2.75) is 159 Å². The Hall–Kier alpha value is -2.31. The molecule has 6 rings (SSSR count). The van der Waals surface area contributed by atoms with E-state index in [-0.39, 0.29) is 51.9 Å². The summed E-state index contributed by atoms with van der Waals surface area (Å²) in [7, 11) is 0. The molecule has 0 spiro atoms. The molecule has 0 N–H and O–H groups in total. The molecule has 0 saturated heterocycles. The van der Waals surface area contributed by atoms with Gasteiger partial charge in [0.15, 0.2) is 0 Å². The van der Waals surface area contributed by atoms with Crippen molar-refractivity contribution in [2.24, 2.45) is 11.3 Å². The second kappa shape index (κ2) is 17.2. The van der Waals surface area contributed by atoms with Gasteiger partial charge in [-0.1, -0.05) is 0 Å². The van der Waals surface area contributed by atoms with Crippen molar-refractivity contribution in [1.82, 2.24) is 0 Å². The second-order valence-corrected chi connectivity index (χ2v) is 27.8. The Morgan fingerprint density at radius 2 is 0.983 bits per heavy atom. The molecule has 0 nitrogen and oxygen atoms in total. The molecule has 310 valence electrons. The maximum atomic E-state index is 2.74. The molecule has 0 aliphatic heterocycles. The van der Waals surface area contributed by atoms with Crippen molar-refractivity contribution < 1.29 is 46.1 Å². The first-order chi connectivity index (χ1) is 25.8. The van der Waals surface area contributed by atoms with Crippen LogP contribution >= 0.6 is 0 Å². The Labute approximate surface area is 374 Å². The van der Waals surface area contributed by atoms with E-state index < -0.39 is 21.3 Å². The standard InChI is InChI=1S/C21H25.C21H26.C13H21.2ClH.Zr/c1-20(2,3)16-9-7-14-11-15-8-10-17(21(4,5)6)13-19(15)18(14)12-16;1-20(2,3)18-11-7-16(8-12-18)15-17-9-13-19(14-10-17)21(4,5)6;1-6-10-8-11(7-2)12(9-10)13(3,4)5;;;/h7,9-10,12-13H,11H2,1-6H3;7-14H,1-6H3;9-10H,6-7H2,1-5H3;2*1H;/q;;;;;+2/p-2. The van der Waals surface area contributed by atoms with Gasteiger partial charge in [-0.15, -0.1) is 0 Å². The molecule has 3 heteroatoms. The van der Waals surface area contributed by atoms with Gasteiger partial charge in [-0.05, 0) is 0 Å². The fourth-order valence-corrected chi connectivity index (χ4v) is 18.5. The molecule has 4 aromatic carbocycles. The van der Waals surface area contributed by atoms with Crippen LogP contribution in [0.25, 0.3) is 11.1 Å². The zero-order valence-electron chi connectivity index (χ0n) is 39.0. The number of fused-ring (bicyclic) bond motifs is 3. The second-order valence-electron chi connectivity index (χ2n) is 22.1. The van der Waals surface area contributed by atoms with Gasteiger partial charge in [0, 0.05) is 0 Å². The molecule has 0 aromatic heterocycles. The van der Waals surface area contributed by atoms with Gasteiger partial charge >= 0.3 is 353 Å². The summed E-state index contributed by atoms with van der Waals surface area (Å²) in [6.45, 7) is 40.6. The predicted molar refractivity (Wildman–Crippen MR) is 244 cm³/mol. The largest absolute Gasteiger partial charge is 1.00 e. The fraction of sp³-hybridized carbons (Fsp3) is 0.473. The Morgan fingerprint density at radius 1 is 0.534 bits per heavy atom. The summed E-state index contributed by atoms with van der Waals surface area (Å²) in [5.41, 5.74) is 18.2. The minimum Gasteiger partial charge on any atom is -1.00 e. The van der Waals surface area contributed by atoms with Crippen LogP contribution < -0.4 is 28.1 Å². The number of benzene rings is 4. The average molecular weight is 895 g/mol. The molecule has 2 aliphatic carbocycles. The first-order valence-electron chi connectivity index (χ1n) is 21.6. The topological polar surface area (TPSA) is 0 Å². The molecular formula is C55H72Cl2Zr. The van der Waals surface area contributed by atoms with E-state index in [0.717, 1.165) is 19.3 Å². The number of halogens is 2. The molecule has 0 amide bonds. The molecule has 0 fully saturated rings. The monoisotopic (exact) mass is 892 g/mol. The summed E-state index contributed by atoms with van der Waals surface area (Å²) < 4.78 is 5.15. The summed E-state index contributed by atoms with van der Waals surface area (Å²) >= 11 is -3.10. The summed E-state index contributed by atoms with van der Waals surface area (Å²) in [5.74, 6) is 0.455. The molecule has 1 unspecified atom stereocenters. The van der Waals surface area contributed by atoms with Crippen molar-refractivity contribution in [3.63, 3.8) is 0 Å². The van der Waals surface area contributed by atoms with Gasteiger partial charge in [-0.2, -0.15) is 0 Å². The fourth-order valence-electron chi connectivity index (χ4n) is 9.04. The molecule has 0 heterocycles. The van der Waals surface area contributed by atoms with E-state index in [4.69, 9.17) is 0 Å². The van der Waals surface area contributed by atoms with E-state index in [1.54, 1.807) is 23.2 Å². The Kier molecular flexibility index (Phi) is 14.4. The molecular weight excluding hydrogens is 823 g/mol. The van der Waals surface area contributed by atoms with E-state index >= 15 is 0 Å². The summed E-state index contributed by atoms with van der Waals surface area (Å²) in [4.78, 5) is 0. The maximum Gasteiger partial charge on any atom is -1.00 e. The van der Waals surface area contributed by atoms with Crippen molar-refractivity contribution >= 4 is 6.48 Å². The van der Waals surface area contributed by atoms with Crippen LogP contribution in [0, 0.1) is 11.3 Å². The zero-order valence-corrected chi connectivity index (χ0v) is 43.0. The molecule has 4 aromatic rings. The van der Waals surface area contributed by atoms with E-state index in [2.05, 4.69) is 203 Å². The Morgan fingerprint density at radius 3 is 1.40 bits per heavy atom. The minimum absolute atomic E-state index is 0. The van der Waals surface area contributed by atoms with Crippen LogP contribution in [0.1, 0.15) is 175 Å². The first kappa shape index (κ1) is 48.4. The van der Waals surface area contributed by atoms with Crippen LogP contribution in [-0.2, 0) is 49.3 Å². The first-order valence-corrected chi connectivity index (χ1v) is 25.3. The van der Waals surface area contributed by atoms with Crippen molar-refractivity contribution in [3.8, 4) is 11.1 Å². The maximum absolute atomic E-state index is 3.10. The molecule has 1 atom stereocenters. The third kappa shape index (κ3) is 9.59. The average Bonchev–Trinajstić information content (AvgIpc) is 3.67. The van der Waals surface area contributed by atoms with Crippen LogP contribution in [0.5, 0.6) is 0 Å². The molecule has 0 radical (unpaired) electrons. The number of rotatable bonds is 6. The quantitative estimate of drug-likeness (QED) is 0.160. The van der Waals surface area contributed by atoms with E-state index in [1.165, 1.54) is 50.1 Å². The third-order valence-electron chi connectivity index (χ3n) is 12.6.